The molecule has 1 N–H and O–H groups in total. The van der Waals surface area contributed by atoms with Crippen molar-refractivity contribution < 1.29 is 24.0 Å². The van der Waals surface area contributed by atoms with Gasteiger partial charge in [0, 0.05) is 10.0 Å². The lowest BCUT2D eigenvalue weighted by Gasteiger charge is -2.10. The number of nitrogens with one attached hydrogen (secondary N) is 1. The predicted octanol–water partition coefficient (Wildman–Crippen LogP) is 5.44. The lowest BCUT2D eigenvalue weighted by atomic mass is 10.1. The van der Waals surface area contributed by atoms with Gasteiger partial charge < -0.3 is 14.8 Å². The molecule has 0 radical (unpaired) electrons. The number of ether oxygens (including phenoxy) is 2. The number of benzene rings is 3. The highest BCUT2D eigenvalue weighted by atomic mass is 79.9. The Bertz CT molecular complexity index is 1380. The fourth-order valence-electron chi connectivity index (χ4n) is 2.96. The van der Waals surface area contributed by atoms with E-state index in [4.69, 9.17) is 9.47 Å². The van der Waals surface area contributed by atoms with Crippen LogP contribution in [0.4, 0.5) is 11.4 Å². The minimum atomic E-state index is -0.878. The zero-order valence-corrected chi connectivity index (χ0v) is 20.2. The second kappa shape index (κ2) is 11.1. The molecular weight excluding hydrogens is 518 g/mol. The van der Waals surface area contributed by atoms with Crippen LogP contribution in [0, 0.1) is 28.4 Å². The molecule has 0 unspecified atom stereocenters. The Morgan fingerprint density at radius 3 is 2.46 bits per heavy atom. The van der Waals surface area contributed by atoms with Crippen molar-refractivity contribution in [2.24, 2.45) is 0 Å². The number of nitriles is 1. The Hall–Kier alpha value is -4.49. The Morgan fingerprint density at radius 1 is 1.11 bits per heavy atom. The number of methoxy groups -OCH3 is 1. The van der Waals surface area contributed by atoms with E-state index in [9.17, 15) is 25.0 Å². The standard InChI is InChI=1S/C25H18BrN3O6/c1-15-3-5-16(6-4-15)25(31)35-23-10-7-19(26)12-17(23)11-18(14-27)24(30)28-21-9-8-20(34-2)13-22(21)29(32)33/h3-13H,1-2H3,(H,28,30)/b18-11+. The van der Waals surface area contributed by atoms with E-state index >= 15 is 0 Å². The summed E-state index contributed by atoms with van der Waals surface area (Å²) in [6.45, 7) is 1.89. The summed E-state index contributed by atoms with van der Waals surface area (Å²) < 4.78 is 11.1. The van der Waals surface area contributed by atoms with Crippen molar-refractivity contribution in [1.29, 1.82) is 5.26 Å². The second-order valence-corrected chi connectivity index (χ2v) is 8.12. The fraction of sp³-hybridized carbons (Fsp3) is 0.0800. The predicted molar refractivity (Wildman–Crippen MR) is 132 cm³/mol. The number of carbonyl (C=O) groups excluding carboxylic acids is 2. The number of rotatable bonds is 7. The lowest BCUT2D eigenvalue weighted by Crippen LogP contribution is -2.15. The molecular formula is C25H18BrN3O6. The summed E-state index contributed by atoms with van der Waals surface area (Å²) in [7, 11) is 1.36. The average molecular weight is 536 g/mol. The molecule has 10 heteroatoms. The number of esters is 1. The van der Waals surface area contributed by atoms with Gasteiger partial charge in [-0.3, -0.25) is 14.9 Å². The Kier molecular flexibility index (Phi) is 7.96. The Labute approximate surface area is 208 Å². The molecule has 0 aliphatic heterocycles. The number of carbonyl (C=O) groups is 2. The Morgan fingerprint density at radius 2 is 1.83 bits per heavy atom. The summed E-state index contributed by atoms with van der Waals surface area (Å²) in [5, 5.41) is 23.4. The van der Waals surface area contributed by atoms with Gasteiger partial charge in [-0.2, -0.15) is 5.26 Å². The third kappa shape index (κ3) is 6.31. The first-order valence-corrected chi connectivity index (χ1v) is 10.8. The van der Waals surface area contributed by atoms with Gasteiger partial charge in [0.2, 0.25) is 0 Å². The van der Waals surface area contributed by atoms with Crippen molar-refractivity contribution in [3.63, 3.8) is 0 Å². The summed E-state index contributed by atoms with van der Waals surface area (Å²) in [6, 6.07) is 17.2. The smallest absolute Gasteiger partial charge is 0.343 e. The van der Waals surface area contributed by atoms with Crippen LogP contribution in [0.25, 0.3) is 6.08 Å². The molecule has 0 aliphatic rings. The highest BCUT2D eigenvalue weighted by Crippen LogP contribution is 2.30. The molecule has 3 aromatic carbocycles. The number of aryl methyl sites for hydroxylation is 1. The van der Waals surface area contributed by atoms with Crippen LogP contribution in [0.3, 0.4) is 0 Å². The van der Waals surface area contributed by atoms with E-state index in [1.54, 1.807) is 42.5 Å². The molecule has 0 aromatic heterocycles. The maximum Gasteiger partial charge on any atom is 0.343 e. The largest absolute Gasteiger partial charge is 0.496 e. The number of anilines is 1. The van der Waals surface area contributed by atoms with Crippen LogP contribution in [0.1, 0.15) is 21.5 Å². The van der Waals surface area contributed by atoms with E-state index in [0.29, 0.717) is 10.0 Å². The molecule has 0 atom stereocenters. The number of amides is 1. The van der Waals surface area contributed by atoms with Gasteiger partial charge in [0.05, 0.1) is 23.7 Å². The topological polar surface area (TPSA) is 132 Å². The SMILES string of the molecule is COc1ccc(NC(=O)/C(C#N)=C/c2cc(Br)ccc2OC(=O)c2ccc(C)cc2)c([N+](=O)[O-])c1. The Balaban J connectivity index is 1.91. The minimum absolute atomic E-state index is 0.109. The number of hydrogen-bond donors (Lipinski definition) is 1. The van der Waals surface area contributed by atoms with E-state index in [1.165, 1.54) is 31.4 Å². The highest BCUT2D eigenvalue weighted by molar-refractivity contribution is 9.10. The molecule has 176 valence electrons. The van der Waals surface area contributed by atoms with Gasteiger partial charge in [0.15, 0.2) is 0 Å². The zero-order valence-electron chi connectivity index (χ0n) is 18.6. The maximum absolute atomic E-state index is 12.8. The number of nitro benzene ring substituents is 1. The van der Waals surface area contributed by atoms with E-state index in [0.717, 1.165) is 11.6 Å². The molecule has 3 rings (SSSR count). The van der Waals surface area contributed by atoms with Crippen molar-refractivity contribution in [2.45, 2.75) is 6.92 Å². The summed E-state index contributed by atoms with van der Waals surface area (Å²) in [5.74, 6) is -1.13. The number of nitro groups is 1. The van der Waals surface area contributed by atoms with Crippen LogP contribution in [0.2, 0.25) is 0 Å². The van der Waals surface area contributed by atoms with Gasteiger partial charge >= 0.3 is 5.97 Å². The van der Waals surface area contributed by atoms with Crippen LogP contribution >= 0.6 is 15.9 Å². The molecule has 0 aliphatic carbocycles. The fourth-order valence-corrected chi connectivity index (χ4v) is 3.34. The summed E-state index contributed by atoms with van der Waals surface area (Å²) in [4.78, 5) is 36.1. The van der Waals surface area contributed by atoms with Crippen molar-refractivity contribution >= 4 is 45.3 Å². The van der Waals surface area contributed by atoms with Gasteiger partial charge in [-0.15, -0.1) is 0 Å². The molecule has 0 saturated carbocycles. The van der Waals surface area contributed by atoms with Crippen LogP contribution < -0.4 is 14.8 Å². The molecule has 35 heavy (non-hydrogen) atoms. The molecule has 1 amide bonds. The van der Waals surface area contributed by atoms with E-state index in [1.807, 2.05) is 6.92 Å². The van der Waals surface area contributed by atoms with Crippen LogP contribution in [0.5, 0.6) is 11.5 Å². The van der Waals surface area contributed by atoms with E-state index < -0.39 is 22.5 Å². The monoisotopic (exact) mass is 535 g/mol. The van der Waals surface area contributed by atoms with Crippen LogP contribution in [-0.2, 0) is 4.79 Å². The van der Waals surface area contributed by atoms with Gasteiger partial charge in [-0.1, -0.05) is 33.6 Å². The maximum atomic E-state index is 12.8. The zero-order chi connectivity index (χ0) is 25.5. The van der Waals surface area contributed by atoms with Crippen molar-refractivity contribution in [1.82, 2.24) is 0 Å². The van der Waals surface area contributed by atoms with E-state index in [-0.39, 0.29) is 28.3 Å². The second-order valence-electron chi connectivity index (χ2n) is 7.20. The van der Waals surface area contributed by atoms with Gasteiger partial charge in [0.25, 0.3) is 11.6 Å². The van der Waals surface area contributed by atoms with Gasteiger partial charge in [0.1, 0.15) is 28.8 Å². The summed E-state index contributed by atoms with van der Waals surface area (Å²) >= 11 is 3.32. The average Bonchev–Trinajstić information content (AvgIpc) is 2.84. The van der Waals surface area contributed by atoms with Gasteiger partial charge in [-0.25, -0.2) is 4.79 Å². The normalized spacial score (nSPS) is 10.7. The first kappa shape index (κ1) is 25.1. The molecule has 0 saturated heterocycles. The van der Waals surface area contributed by atoms with Crippen molar-refractivity contribution in [2.75, 3.05) is 12.4 Å². The third-order valence-electron chi connectivity index (χ3n) is 4.78. The lowest BCUT2D eigenvalue weighted by molar-refractivity contribution is -0.384. The molecule has 0 fully saturated rings. The van der Waals surface area contributed by atoms with E-state index in [2.05, 4.69) is 21.2 Å². The molecule has 0 bridgehead atoms. The molecule has 0 spiro atoms. The first-order valence-electron chi connectivity index (χ1n) is 10.1. The molecule has 0 heterocycles. The molecule has 9 nitrogen and oxygen atoms in total. The summed E-state index contributed by atoms with van der Waals surface area (Å²) in [5.41, 5.74) is 0.720. The highest BCUT2D eigenvalue weighted by Gasteiger charge is 2.20. The van der Waals surface area contributed by atoms with Crippen molar-refractivity contribution in [3.05, 3.63) is 97.5 Å². The number of hydrogen-bond acceptors (Lipinski definition) is 7. The van der Waals surface area contributed by atoms with Gasteiger partial charge in [-0.05, 0) is 55.5 Å². The van der Waals surface area contributed by atoms with Crippen LogP contribution in [0.15, 0.2) is 70.7 Å². The summed E-state index contributed by atoms with van der Waals surface area (Å²) in [6.07, 6.45) is 1.23. The van der Waals surface area contributed by atoms with Crippen molar-refractivity contribution in [3.8, 4) is 17.6 Å². The van der Waals surface area contributed by atoms with Crippen LogP contribution in [-0.4, -0.2) is 23.9 Å². The third-order valence-corrected chi connectivity index (χ3v) is 5.27. The quantitative estimate of drug-likeness (QED) is 0.106. The molecule has 3 aromatic rings. The number of nitrogens with zero attached hydrogens (tertiary/aromatic N) is 2. The number of halogens is 1. The minimum Gasteiger partial charge on any atom is -0.496 e. The first-order chi connectivity index (χ1) is 16.7.